The summed E-state index contributed by atoms with van der Waals surface area (Å²) in [7, 11) is -1.73. The lowest BCUT2D eigenvalue weighted by Crippen LogP contribution is -2.28. The van der Waals surface area contributed by atoms with Gasteiger partial charge in [0.25, 0.3) is 5.91 Å². The van der Waals surface area contributed by atoms with Gasteiger partial charge < -0.3 is 10.1 Å². The van der Waals surface area contributed by atoms with Gasteiger partial charge in [-0.15, -0.1) is 0 Å². The van der Waals surface area contributed by atoms with Gasteiger partial charge in [-0.1, -0.05) is 19.1 Å². The highest BCUT2D eigenvalue weighted by Crippen LogP contribution is 2.21. The van der Waals surface area contributed by atoms with Gasteiger partial charge in [0.2, 0.25) is 10.0 Å². The smallest absolute Gasteiger partial charge is 0.251 e. The average Bonchev–Trinajstić information content (AvgIpc) is 2.59. The van der Waals surface area contributed by atoms with Crippen molar-refractivity contribution >= 4 is 21.6 Å². The summed E-state index contributed by atoms with van der Waals surface area (Å²) < 4.78 is 29.9. The highest BCUT2D eigenvalue weighted by Gasteiger charge is 2.14. The summed E-state index contributed by atoms with van der Waals surface area (Å²) in [5, 5.41) is 2.99. The molecule has 0 spiro atoms. The van der Waals surface area contributed by atoms with E-state index in [1.165, 1.54) is 0 Å². The largest absolute Gasteiger partial charge is 0.497 e. The molecule has 1 atom stereocenters. The fourth-order valence-electron chi connectivity index (χ4n) is 2.40. The minimum atomic E-state index is -3.34. The Labute approximate surface area is 148 Å². The van der Waals surface area contributed by atoms with E-state index in [1.54, 1.807) is 31.4 Å². The molecule has 2 aromatic carbocycles. The van der Waals surface area contributed by atoms with E-state index in [1.807, 2.05) is 31.2 Å². The number of benzene rings is 2. The Balaban J connectivity index is 2.08. The summed E-state index contributed by atoms with van der Waals surface area (Å²) in [5.41, 5.74) is 1.87. The minimum Gasteiger partial charge on any atom is -0.497 e. The fraction of sp³-hybridized carbons (Fsp3) is 0.278. The first-order chi connectivity index (χ1) is 11.8. The molecule has 0 aromatic heterocycles. The van der Waals surface area contributed by atoms with Gasteiger partial charge in [-0.05, 0) is 48.4 Å². The molecule has 0 fully saturated rings. The molecule has 0 saturated carbocycles. The van der Waals surface area contributed by atoms with Crippen molar-refractivity contribution in [3.05, 3.63) is 59.7 Å². The van der Waals surface area contributed by atoms with Crippen LogP contribution in [0, 0.1) is 0 Å². The summed E-state index contributed by atoms with van der Waals surface area (Å²) in [5.74, 6) is 0.549. The second-order valence-electron chi connectivity index (χ2n) is 5.66. The topological polar surface area (TPSA) is 84.5 Å². The number of sulfonamides is 1. The summed E-state index contributed by atoms with van der Waals surface area (Å²) in [6, 6.07) is 13.7. The van der Waals surface area contributed by atoms with Crippen LogP contribution in [0.4, 0.5) is 5.69 Å². The number of ether oxygens (including phenoxy) is 1. The maximum atomic E-state index is 12.4. The Morgan fingerprint density at radius 2 is 1.68 bits per heavy atom. The summed E-state index contributed by atoms with van der Waals surface area (Å²) in [6.45, 7) is 1.99. The molecule has 0 aliphatic heterocycles. The third kappa shape index (κ3) is 5.49. The number of nitrogens with one attached hydrogen (secondary N) is 2. The minimum absolute atomic E-state index is 0.118. The van der Waals surface area contributed by atoms with Crippen LogP contribution in [0.5, 0.6) is 5.75 Å². The zero-order chi connectivity index (χ0) is 18.4. The van der Waals surface area contributed by atoms with Gasteiger partial charge in [-0.25, -0.2) is 8.42 Å². The molecule has 2 aromatic rings. The molecule has 25 heavy (non-hydrogen) atoms. The van der Waals surface area contributed by atoms with Crippen molar-refractivity contribution in [3.8, 4) is 5.75 Å². The molecule has 1 amide bonds. The molecule has 134 valence electrons. The van der Waals surface area contributed by atoms with Crippen molar-refractivity contribution in [3.63, 3.8) is 0 Å². The summed E-state index contributed by atoms with van der Waals surface area (Å²) in [4.78, 5) is 12.4. The predicted molar refractivity (Wildman–Crippen MR) is 98.4 cm³/mol. The number of hydrogen-bond donors (Lipinski definition) is 2. The first-order valence-corrected chi connectivity index (χ1v) is 9.74. The molecule has 0 unspecified atom stereocenters. The Morgan fingerprint density at radius 3 is 2.16 bits per heavy atom. The molecule has 2 rings (SSSR count). The monoisotopic (exact) mass is 362 g/mol. The lowest BCUT2D eigenvalue weighted by Gasteiger charge is -2.18. The van der Waals surface area contributed by atoms with Crippen molar-refractivity contribution in [1.82, 2.24) is 5.32 Å². The molecule has 0 bridgehead atoms. The molecule has 0 radical (unpaired) electrons. The van der Waals surface area contributed by atoms with Crippen molar-refractivity contribution in [2.45, 2.75) is 19.4 Å². The van der Waals surface area contributed by atoms with E-state index in [-0.39, 0.29) is 11.9 Å². The third-order valence-electron chi connectivity index (χ3n) is 3.68. The lowest BCUT2D eigenvalue weighted by molar-refractivity contribution is 0.0935. The average molecular weight is 362 g/mol. The van der Waals surface area contributed by atoms with E-state index in [9.17, 15) is 13.2 Å². The fourth-order valence-corrected chi connectivity index (χ4v) is 2.97. The van der Waals surface area contributed by atoms with E-state index >= 15 is 0 Å². The SMILES string of the molecule is CC[C@H](NC(=O)c1ccc(NS(C)(=O)=O)cc1)c1ccc(OC)cc1. The Kier molecular flexibility index (Phi) is 6.03. The van der Waals surface area contributed by atoms with Crippen LogP contribution in [0.1, 0.15) is 35.3 Å². The third-order valence-corrected chi connectivity index (χ3v) is 4.29. The highest BCUT2D eigenvalue weighted by atomic mass is 32.2. The maximum Gasteiger partial charge on any atom is 0.251 e. The Bertz CT molecular complexity index is 815. The second-order valence-corrected chi connectivity index (χ2v) is 7.41. The van der Waals surface area contributed by atoms with Crippen molar-refractivity contribution in [1.29, 1.82) is 0 Å². The summed E-state index contributed by atoms with van der Waals surface area (Å²) >= 11 is 0. The molecular weight excluding hydrogens is 340 g/mol. The van der Waals surface area contributed by atoms with E-state index in [4.69, 9.17) is 4.74 Å². The van der Waals surface area contributed by atoms with Gasteiger partial charge in [0.1, 0.15) is 5.75 Å². The number of hydrogen-bond acceptors (Lipinski definition) is 4. The van der Waals surface area contributed by atoms with Crippen molar-refractivity contribution < 1.29 is 17.9 Å². The number of amides is 1. The number of carbonyl (C=O) groups excluding carboxylic acids is 1. The highest BCUT2D eigenvalue weighted by molar-refractivity contribution is 7.92. The normalized spacial score (nSPS) is 12.3. The van der Waals surface area contributed by atoms with Crippen LogP contribution < -0.4 is 14.8 Å². The Morgan fingerprint density at radius 1 is 1.08 bits per heavy atom. The molecule has 6 nitrogen and oxygen atoms in total. The van der Waals surface area contributed by atoms with Crippen LogP contribution >= 0.6 is 0 Å². The zero-order valence-electron chi connectivity index (χ0n) is 14.4. The molecule has 7 heteroatoms. The van der Waals surface area contributed by atoms with Crippen molar-refractivity contribution in [2.75, 3.05) is 18.1 Å². The van der Waals surface area contributed by atoms with Crippen LogP contribution in [0.25, 0.3) is 0 Å². The molecule has 0 saturated heterocycles. The van der Waals surface area contributed by atoms with Crippen LogP contribution in [-0.2, 0) is 10.0 Å². The van der Waals surface area contributed by atoms with Gasteiger partial charge in [-0.2, -0.15) is 0 Å². The predicted octanol–water partition coefficient (Wildman–Crippen LogP) is 2.95. The van der Waals surface area contributed by atoms with Gasteiger partial charge >= 0.3 is 0 Å². The van der Waals surface area contributed by atoms with E-state index in [2.05, 4.69) is 10.0 Å². The van der Waals surface area contributed by atoms with Crippen molar-refractivity contribution in [2.24, 2.45) is 0 Å². The van der Waals surface area contributed by atoms with Crippen LogP contribution in [-0.4, -0.2) is 27.7 Å². The van der Waals surface area contributed by atoms with Gasteiger partial charge in [0.05, 0.1) is 19.4 Å². The number of rotatable bonds is 7. The summed E-state index contributed by atoms with van der Waals surface area (Å²) in [6.07, 6.45) is 1.82. The Hall–Kier alpha value is -2.54. The lowest BCUT2D eigenvalue weighted by atomic mass is 10.0. The number of anilines is 1. The number of methoxy groups -OCH3 is 1. The van der Waals surface area contributed by atoms with Gasteiger partial charge in [0, 0.05) is 11.3 Å². The standard InChI is InChI=1S/C18H22N2O4S/c1-4-17(13-7-11-16(24-2)12-8-13)19-18(21)14-5-9-15(10-6-14)20-25(3,22)23/h5-12,17,20H,4H2,1-3H3,(H,19,21)/t17-/m0/s1. The zero-order valence-corrected chi connectivity index (χ0v) is 15.3. The second kappa shape index (κ2) is 8.02. The molecular formula is C18H22N2O4S. The van der Waals surface area contributed by atoms with Gasteiger partial charge in [0.15, 0.2) is 0 Å². The first-order valence-electron chi connectivity index (χ1n) is 7.85. The molecule has 0 heterocycles. The molecule has 0 aliphatic rings. The van der Waals surface area contributed by atoms with E-state index < -0.39 is 10.0 Å². The maximum absolute atomic E-state index is 12.4. The molecule has 0 aliphatic carbocycles. The van der Waals surface area contributed by atoms with E-state index in [0.717, 1.165) is 24.0 Å². The quantitative estimate of drug-likeness (QED) is 0.793. The van der Waals surface area contributed by atoms with E-state index in [0.29, 0.717) is 11.3 Å². The first kappa shape index (κ1) is 18.8. The number of carbonyl (C=O) groups is 1. The van der Waals surface area contributed by atoms with Crippen LogP contribution in [0.2, 0.25) is 0 Å². The molecule has 2 N–H and O–H groups in total. The van der Waals surface area contributed by atoms with Gasteiger partial charge in [-0.3, -0.25) is 9.52 Å². The van der Waals surface area contributed by atoms with Crippen LogP contribution in [0.3, 0.4) is 0 Å². The van der Waals surface area contributed by atoms with Crippen LogP contribution in [0.15, 0.2) is 48.5 Å².